The summed E-state index contributed by atoms with van der Waals surface area (Å²) < 4.78 is 5.51. The van der Waals surface area contributed by atoms with E-state index in [-0.39, 0.29) is 40.9 Å². The minimum absolute atomic E-state index is 0.00364. The van der Waals surface area contributed by atoms with Crippen molar-refractivity contribution in [2.45, 2.75) is 64.6 Å². The van der Waals surface area contributed by atoms with Crippen LogP contribution in [0, 0.1) is 0 Å². The number of amides is 2. The number of aromatic nitrogens is 2. The standard InChI is InChI=1S/C17H22Cl2N4O3/c1-9(11-6-5-7-22(11)16(25)26-17(2,3)4)23-12(24)8-10-13(18)20-15(19)21-14(10)23/h9,11H,5-8H2,1-4H3/t9?,11-/m0/s1. The molecule has 0 bridgehead atoms. The molecule has 0 spiro atoms. The number of halogens is 2. The maximum Gasteiger partial charge on any atom is 0.410 e. The molecule has 0 radical (unpaired) electrons. The number of likely N-dealkylation sites (tertiary alicyclic amines) is 1. The lowest BCUT2D eigenvalue weighted by Gasteiger charge is -2.35. The van der Waals surface area contributed by atoms with Crippen LogP contribution in [0.15, 0.2) is 0 Å². The van der Waals surface area contributed by atoms with Crippen LogP contribution >= 0.6 is 23.2 Å². The lowest BCUT2D eigenvalue weighted by Crippen LogP contribution is -2.51. The third-order valence-electron chi connectivity index (χ3n) is 4.62. The van der Waals surface area contributed by atoms with Gasteiger partial charge in [-0.05, 0) is 52.1 Å². The molecular formula is C17H22Cl2N4O3. The quantitative estimate of drug-likeness (QED) is 0.561. The van der Waals surface area contributed by atoms with E-state index in [1.807, 2.05) is 27.7 Å². The van der Waals surface area contributed by atoms with Crippen molar-refractivity contribution in [1.29, 1.82) is 0 Å². The topological polar surface area (TPSA) is 75.6 Å². The third-order valence-corrected chi connectivity index (χ3v) is 5.11. The number of rotatable bonds is 2. The Kier molecular flexibility index (Phi) is 5.05. The molecule has 26 heavy (non-hydrogen) atoms. The van der Waals surface area contributed by atoms with Crippen molar-refractivity contribution in [1.82, 2.24) is 14.9 Å². The lowest BCUT2D eigenvalue weighted by molar-refractivity contribution is -0.118. The molecule has 0 aromatic carbocycles. The summed E-state index contributed by atoms with van der Waals surface area (Å²) in [5.74, 6) is 0.311. The summed E-state index contributed by atoms with van der Waals surface area (Å²) in [7, 11) is 0. The zero-order chi connectivity index (χ0) is 19.2. The minimum Gasteiger partial charge on any atom is -0.444 e. The summed E-state index contributed by atoms with van der Waals surface area (Å²) in [4.78, 5) is 36.6. The fraction of sp³-hybridized carbons (Fsp3) is 0.647. The van der Waals surface area contributed by atoms with Crippen molar-refractivity contribution >= 4 is 41.0 Å². The molecule has 0 saturated carbocycles. The predicted molar refractivity (Wildman–Crippen MR) is 98.7 cm³/mol. The molecule has 1 aromatic rings. The van der Waals surface area contributed by atoms with Gasteiger partial charge >= 0.3 is 6.09 Å². The van der Waals surface area contributed by atoms with Crippen LogP contribution in [0.3, 0.4) is 0 Å². The highest BCUT2D eigenvalue weighted by Gasteiger charge is 2.43. The smallest absolute Gasteiger partial charge is 0.410 e. The number of nitrogens with zero attached hydrogens (tertiary/aromatic N) is 4. The normalized spacial score (nSPS) is 21.2. The fourth-order valence-corrected chi connectivity index (χ4v) is 4.00. The highest BCUT2D eigenvalue weighted by molar-refractivity contribution is 6.33. The van der Waals surface area contributed by atoms with E-state index in [2.05, 4.69) is 9.97 Å². The van der Waals surface area contributed by atoms with E-state index < -0.39 is 5.60 Å². The third kappa shape index (κ3) is 3.60. The molecule has 1 saturated heterocycles. The first-order chi connectivity index (χ1) is 12.1. The van der Waals surface area contributed by atoms with Gasteiger partial charge in [-0.15, -0.1) is 0 Å². The van der Waals surface area contributed by atoms with E-state index in [9.17, 15) is 9.59 Å². The number of hydrogen-bond acceptors (Lipinski definition) is 5. The molecule has 7 nitrogen and oxygen atoms in total. The monoisotopic (exact) mass is 400 g/mol. The van der Waals surface area contributed by atoms with Crippen LogP contribution in [-0.2, 0) is 16.0 Å². The van der Waals surface area contributed by atoms with Gasteiger partial charge in [0, 0.05) is 12.1 Å². The molecule has 3 heterocycles. The van der Waals surface area contributed by atoms with E-state index in [1.165, 1.54) is 0 Å². The van der Waals surface area contributed by atoms with Gasteiger partial charge in [0.1, 0.15) is 16.6 Å². The van der Waals surface area contributed by atoms with Crippen molar-refractivity contribution in [3.05, 3.63) is 16.0 Å². The van der Waals surface area contributed by atoms with Crippen LogP contribution < -0.4 is 4.90 Å². The van der Waals surface area contributed by atoms with Gasteiger partial charge in [0.2, 0.25) is 11.2 Å². The Balaban J connectivity index is 1.86. The van der Waals surface area contributed by atoms with E-state index in [0.717, 1.165) is 12.8 Å². The molecule has 2 aliphatic rings. The molecule has 1 unspecified atom stereocenters. The van der Waals surface area contributed by atoms with E-state index >= 15 is 0 Å². The number of ether oxygens (including phenoxy) is 1. The lowest BCUT2D eigenvalue weighted by atomic mass is 10.1. The van der Waals surface area contributed by atoms with Gasteiger partial charge in [-0.1, -0.05) is 11.6 Å². The summed E-state index contributed by atoms with van der Waals surface area (Å²) in [6.07, 6.45) is 1.41. The van der Waals surface area contributed by atoms with E-state index in [4.69, 9.17) is 27.9 Å². The maximum absolute atomic E-state index is 12.6. The molecule has 3 rings (SSSR count). The predicted octanol–water partition coefficient (Wildman–Crippen LogP) is 3.46. The minimum atomic E-state index is -0.572. The first-order valence-electron chi connectivity index (χ1n) is 8.62. The molecule has 2 atom stereocenters. The van der Waals surface area contributed by atoms with Crippen LogP contribution in [-0.4, -0.2) is 51.1 Å². The molecule has 0 aliphatic carbocycles. The van der Waals surface area contributed by atoms with Gasteiger partial charge in [0.25, 0.3) is 0 Å². The zero-order valence-electron chi connectivity index (χ0n) is 15.3. The maximum atomic E-state index is 12.6. The molecule has 1 aromatic heterocycles. The summed E-state index contributed by atoms with van der Waals surface area (Å²) >= 11 is 12.1. The Hall–Kier alpha value is -1.60. The van der Waals surface area contributed by atoms with Crippen LogP contribution in [0.5, 0.6) is 0 Å². The first-order valence-corrected chi connectivity index (χ1v) is 9.37. The molecule has 9 heteroatoms. The number of fused-ring (bicyclic) bond motifs is 1. The highest BCUT2D eigenvalue weighted by atomic mass is 35.5. The second kappa shape index (κ2) is 6.85. The summed E-state index contributed by atoms with van der Waals surface area (Å²) in [5, 5.41) is 0.189. The highest BCUT2D eigenvalue weighted by Crippen LogP contribution is 2.36. The van der Waals surface area contributed by atoms with E-state index in [1.54, 1.807) is 9.80 Å². The second-order valence-electron chi connectivity index (χ2n) is 7.65. The fourth-order valence-electron chi connectivity index (χ4n) is 3.56. The Morgan fingerprint density at radius 2 is 2.00 bits per heavy atom. The van der Waals surface area contributed by atoms with Crippen molar-refractivity contribution < 1.29 is 14.3 Å². The van der Waals surface area contributed by atoms with Crippen LogP contribution in [0.4, 0.5) is 10.6 Å². The zero-order valence-corrected chi connectivity index (χ0v) is 16.8. The van der Waals surface area contributed by atoms with Gasteiger partial charge in [-0.25, -0.2) is 9.78 Å². The molecule has 142 valence electrons. The van der Waals surface area contributed by atoms with Crippen molar-refractivity contribution in [3.8, 4) is 0 Å². The van der Waals surface area contributed by atoms with Crippen molar-refractivity contribution in [2.75, 3.05) is 11.4 Å². The Bertz CT molecular complexity index is 750. The van der Waals surface area contributed by atoms with E-state index in [0.29, 0.717) is 17.9 Å². The number of carbonyl (C=O) groups is 2. The molecule has 2 amide bonds. The summed E-state index contributed by atoms with van der Waals surface area (Å²) in [6, 6.07) is -0.437. The van der Waals surface area contributed by atoms with Gasteiger partial charge in [0.15, 0.2) is 0 Å². The Morgan fingerprint density at radius 3 is 2.65 bits per heavy atom. The second-order valence-corrected chi connectivity index (χ2v) is 8.35. The average Bonchev–Trinajstić information content (AvgIpc) is 3.09. The van der Waals surface area contributed by atoms with Crippen LogP contribution in [0.2, 0.25) is 10.4 Å². The van der Waals surface area contributed by atoms with Gasteiger partial charge < -0.3 is 9.64 Å². The first kappa shape index (κ1) is 19.2. The molecular weight excluding hydrogens is 379 g/mol. The number of hydrogen-bond donors (Lipinski definition) is 0. The van der Waals surface area contributed by atoms with Crippen molar-refractivity contribution in [3.63, 3.8) is 0 Å². The van der Waals surface area contributed by atoms with Gasteiger partial charge in [0.05, 0.1) is 18.5 Å². The molecule has 2 aliphatic heterocycles. The Morgan fingerprint density at radius 1 is 1.31 bits per heavy atom. The largest absolute Gasteiger partial charge is 0.444 e. The number of carbonyl (C=O) groups excluding carboxylic acids is 2. The van der Waals surface area contributed by atoms with Crippen LogP contribution in [0.25, 0.3) is 0 Å². The summed E-state index contributed by atoms with van der Waals surface area (Å²) in [6.45, 7) is 8.01. The summed E-state index contributed by atoms with van der Waals surface area (Å²) in [5.41, 5.74) is 0.00683. The SMILES string of the molecule is CC([C@@H]1CCCN1C(=O)OC(C)(C)C)N1C(=O)Cc2c(Cl)nc(Cl)nc21. The van der Waals surface area contributed by atoms with Crippen molar-refractivity contribution in [2.24, 2.45) is 0 Å². The van der Waals surface area contributed by atoms with Crippen LogP contribution in [0.1, 0.15) is 46.1 Å². The van der Waals surface area contributed by atoms with Gasteiger partial charge in [-0.3, -0.25) is 9.69 Å². The molecule has 1 fully saturated rings. The average molecular weight is 401 g/mol. The molecule has 0 N–H and O–H groups in total. The van der Waals surface area contributed by atoms with Gasteiger partial charge in [-0.2, -0.15) is 4.98 Å². The Labute approximate surface area is 162 Å². The number of anilines is 1.